The first-order valence-electron chi connectivity index (χ1n) is 16.2. The van der Waals surface area contributed by atoms with Crippen molar-refractivity contribution in [2.24, 2.45) is 0 Å². The number of carbonyl (C=O) groups excluding carboxylic acids is 1. The minimum absolute atomic E-state index is 0.0312. The smallest absolute Gasteiger partial charge is 0.429 e. The quantitative estimate of drug-likeness (QED) is 0.153. The van der Waals surface area contributed by atoms with Gasteiger partial charge in [-0.15, -0.1) is 0 Å². The van der Waals surface area contributed by atoms with Crippen LogP contribution in [0.1, 0.15) is 57.5 Å². The number of carbonyl (C=O) groups is 1. The Morgan fingerprint density at radius 3 is 2.50 bits per heavy atom. The van der Waals surface area contributed by atoms with E-state index in [0.717, 1.165) is 38.5 Å². The molecule has 5 aromatic rings. The molecule has 13 nitrogen and oxygen atoms in total. The minimum Gasteiger partial charge on any atom is -0.486 e. The van der Waals surface area contributed by atoms with Crippen LogP contribution in [0.15, 0.2) is 60.0 Å². The highest BCUT2D eigenvalue weighted by Gasteiger charge is 2.40. The maximum atomic E-state index is 16.5. The lowest BCUT2D eigenvalue weighted by Crippen LogP contribution is -2.42. The number of anilines is 1. The SMILES string of the molecule is COc1ncc(F)cc1S(=O)(=O)N(C(=O)OC(C)(C)C)c1ccc(F)c(COc2cnc3c(c(C)nn3C3CCCCO3)c2-c2ccncc2)c1F. The number of benzene rings is 1. The summed E-state index contributed by atoms with van der Waals surface area (Å²) in [5.41, 5.74) is -0.617. The molecule has 0 radical (unpaired) electrons. The summed E-state index contributed by atoms with van der Waals surface area (Å²) >= 11 is 0. The molecule has 1 unspecified atom stereocenters. The average molecular weight is 741 g/mol. The summed E-state index contributed by atoms with van der Waals surface area (Å²) in [6, 6.07) is 5.54. The Labute approximate surface area is 297 Å². The van der Waals surface area contributed by atoms with Crippen molar-refractivity contribution in [1.82, 2.24) is 24.7 Å². The van der Waals surface area contributed by atoms with Gasteiger partial charge in [-0.1, -0.05) is 0 Å². The Morgan fingerprint density at radius 1 is 1.08 bits per heavy atom. The normalized spacial score (nSPS) is 15.0. The lowest BCUT2D eigenvalue weighted by Gasteiger charge is -2.28. The summed E-state index contributed by atoms with van der Waals surface area (Å²) in [6.45, 7) is 5.98. The predicted molar refractivity (Wildman–Crippen MR) is 182 cm³/mol. The van der Waals surface area contributed by atoms with Crippen LogP contribution in [-0.4, -0.2) is 58.6 Å². The van der Waals surface area contributed by atoms with E-state index in [-0.39, 0.29) is 16.3 Å². The van der Waals surface area contributed by atoms with E-state index in [1.54, 1.807) is 36.1 Å². The van der Waals surface area contributed by atoms with Crippen LogP contribution in [0.4, 0.5) is 23.7 Å². The maximum absolute atomic E-state index is 16.5. The molecular weight excluding hydrogens is 705 g/mol. The lowest BCUT2D eigenvalue weighted by atomic mass is 10.0. The third-order valence-corrected chi connectivity index (χ3v) is 9.75. The van der Waals surface area contributed by atoms with Gasteiger partial charge in [0.2, 0.25) is 5.88 Å². The summed E-state index contributed by atoms with van der Waals surface area (Å²) in [7, 11) is -4.12. The van der Waals surface area contributed by atoms with Crippen molar-refractivity contribution in [3.63, 3.8) is 0 Å². The first kappa shape index (κ1) is 36.5. The number of methoxy groups -OCH3 is 1. The predicted octanol–water partition coefficient (Wildman–Crippen LogP) is 7.03. The van der Waals surface area contributed by atoms with E-state index >= 15 is 8.78 Å². The van der Waals surface area contributed by atoms with E-state index in [1.807, 2.05) is 0 Å². The van der Waals surface area contributed by atoms with E-state index in [2.05, 4.69) is 15.0 Å². The van der Waals surface area contributed by atoms with Gasteiger partial charge in [-0.25, -0.2) is 41.0 Å². The minimum atomic E-state index is -5.20. The molecule has 1 aliphatic heterocycles. The van der Waals surface area contributed by atoms with Gasteiger partial charge in [0, 0.05) is 30.6 Å². The van der Waals surface area contributed by atoms with Crippen molar-refractivity contribution in [3.8, 4) is 22.8 Å². The largest absolute Gasteiger partial charge is 0.486 e. The Balaban J connectivity index is 1.44. The number of aromatic nitrogens is 5. The van der Waals surface area contributed by atoms with Gasteiger partial charge in [0.15, 0.2) is 22.6 Å². The molecule has 1 aliphatic rings. The third-order valence-electron chi connectivity index (χ3n) is 8.07. The van der Waals surface area contributed by atoms with Gasteiger partial charge in [0.25, 0.3) is 10.0 Å². The zero-order valence-electron chi connectivity index (χ0n) is 28.9. The monoisotopic (exact) mass is 740 g/mol. The molecule has 0 N–H and O–H groups in total. The zero-order valence-corrected chi connectivity index (χ0v) is 29.7. The molecule has 17 heteroatoms. The average Bonchev–Trinajstić information content (AvgIpc) is 3.45. The van der Waals surface area contributed by atoms with Crippen molar-refractivity contribution < 1.29 is 45.3 Å². The number of amides is 1. The molecule has 4 aromatic heterocycles. The van der Waals surface area contributed by atoms with Crippen molar-refractivity contribution in [3.05, 3.63) is 83.8 Å². The second kappa shape index (κ2) is 14.4. The van der Waals surface area contributed by atoms with Crippen molar-refractivity contribution >= 4 is 32.8 Å². The van der Waals surface area contributed by atoms with E-state index in [1.165, 1.54) is 27.0 Å². The fourth-order valence-electron chi connectivity index (χ4n) is 5.79. The van der Waals surface area contributed by atoms with Crippen LogP contribution < -0.4 is 13.8 Å². The molecule has 0 saturated carbocycles. The first-order valence-corrected chi connectivity index (χ1v) is 17.6. The van der Waals surface area contributed by atoms with Gasteiger partial charge < -0.3 is 18.9 Å². The molecule has 0 bridgehead atoms. The molecule has 1 amide bonds. The topological polar surface area (TPSA) is 148 Å². The number of sulfonamides is 1. The number of rotatable bonds is 9. The fraction of sp³-hybridized carbons (Fsp3) is 0.343. The molecular formula is C35H35F3N6O7S. The number of hydrogen-bond acceptors (Lipinski definition) is 11. The van der Waals surface area contributed by atoms with Gasteiger partial charge >= 0.3 is 6.09 Å². The number of nitrogens with zero attached hydrogens (tertiary/aromatic N) is 6. The van der Waals surface area contributed by atoms with Crippen LogP contribution in [0.25, 0.3) is 22.2 Å². The maximum Gasteiger partial charge on any atom is 0.429 e. The second-order valence-corrected chi connectivity index (χ2v) is 14.6. The third kappa shape index (κ3) is 7.10. The first-order chi connectivity index (χ1) is 24.7. The summed E-state index contributed by atoms with van der Waals surface area (Å²) < 4.78 is 98.4. The lowest BCUT2D eigenvalue weighted by molar-refractivity contribution is -0.0371. The van der Waals surface area contributed by atoms with Gasteiger partial charge in [0.05, 0.1) is 36.1 Å². The summed E-state index contributed by atoms with van der Waals surface area (Å²) in [4.78, 5) is 24.9. The molecule has 1 saturated heterocycles. The van der Waals surface area contributed by atoms with Gasteiger partial charge in [-0.3, -0.25) is 4.98 Å². The molecule has 0 spiro atoms. The van der Waals surface area contributed by atoms with Crippen LogP contribution in [-0.2, 0) is 26.1 Å². The van der Waals surface area contributed by atoms with Crippen molar-refractivity contribution in [1.29, 1.82) is 0 Å². The standard InChI is InChI=1S/C35H35F3N6O7S/c1-20-29-30(21-11-13-39-14-12-21)26(18-40-32(29)43(42-20)28-8-6-7-15-49-28)50-19-23-24(37)9-10-25(31(23)38)44(34(45)51-35(2,3)4)52(46,47)27-16-22(36)17-41-33(27)48-5/h9-14,16-18,28H,6-8,15,19H2,1-5H3. The molecule has 1 aromatic carbocycles. The molecule has 1 atom stereocenters. The van der Waals surface area contributed by atoms with Crippen LogP contribution in [0, 0.1) is 24.4 Å². The molecule has 0 aliphatic carbocycles. The summed E-state index contributed by atoms with van der Waals surface area (Å²) in [6.07, 6.45) is 6.01. The number of fused-ring (bicyclic) bond motifs is 1. The van der Waals surface area contributed by atoms with Crippen LogP contribution in [0.2, 0.25) is 0 Å². The highest BCUT2D eigenvalue weighted by molar-refractivity contribution is 7.93. The number of halogens is 3. The van der Waals surface area contributed by atoms with Gasteiger partial charge in [-0.05, 0) is 76.8 Å². The van der Waals surface area contributed by atoms with Crippen molar-refractivity contribution in [2.75, 3.05) is 18.0 Å². The molecule has 1 fully saturated rings. The van der Waals surface area contributed by atoms with E-state index in [0.29, 0.717) is 46.7 Å². The van der Waals surface area contributed by atoms with Crippen LogP contribution in [0.3, 0.4) is 0 Å². The Morgan fingerprint density at radius 2 is 1.83 bits per heavy atom. The molecule has 52 heavy (non-hydrogen) atoms. The summed E-state index contributed by atoms with van der Waals surface area (Å²) in [5.74, 6) is -4.11. The number of ether oxygens (including phenoxy) is 4. The number of pyridine rings is 3. The van der Waals surface area contributed by atoms with E-state index in [4.69, 9.17) is 24.0 Å². The highest BCUT2D eigenvalue weighted by atomic mass is 32.2. The Bertz CT molecular complexity index is 2240. The second-order valence-electron chi connectivity index (χ2n) is 12.8. The Kier molecular flexibility index (Phi) is 10.1. The van der Waals surface area contributed by atoms with Crippen molar-refractivity contribution in [2.45, 2.75) is 70.3 Å². The van der Waals surface area contributed by atoms with Gasteiger partial charge in [-0.2, -0.15) is 9.40 Å². The fourth-order valence-corrected chi connectivity index (χ4v) is 7.24. The summed E-state index contributed by atoms with van der Waals surface area (Å²) in [5, 5.41) is 5.34. The zero-order chi connectivity index (χ0) is 37.4. The molecule has 5 heterocycles. The number of hydrogen-bond donors (Lipinski definition) is 0. The molecule has 274 valence electrons. The van der Waals surface area contributed by atoms with Crippen LogP contribution in [0.5, 0.6) is 11.6 Å². The molecule has 6 rings (SSSR count). The van der Waals surface area contributed by atoms with Crippen LogP contribution >= 0.6 is 0 Å². The van der Waals surface area contributed by atoms with E-state index < -0.39 is 67.8 Å². The highest BCUT2D eigenvalue weighted by Crippen LogP contribution is 2.40. The Hall–Kier alpha value is -5.29. The van der Waals surface area contributed by atoms with Gasteiger partial charge in [0.1, 0.15) is 35.3 Å². The number of aryl methyl sites for hydroxylation is 1. The van der Waals surface area contributed by atoms with E-state index in [9.17, 15) is 17.6 Å².